The van der Waals surface area contributed by atoms with Crippen molar-refractivity contribution in [1.82, 2.24) is 4.98 Å². The van der Waals surface area contributed by atoms with Crippen LogP contribution in [0.15, 0.2) is 22.9 Å². The SMILES string of the molecule is CC1(CCNc2cncc(Br)c2)OCCO1. The highest BCUT2D eigenvalue weighted by atomic mass is 79.9. The van der Waals surface area contributed by atoms with Gasteiger partial charge in [0.15, 0.2) is 5.79 Å². The third-order valence-electron chi connectivity index (χ3n) is 2.51. The maximum atomic E-state index is 5.51. The monoisotopic (exact) mass is 286 g/mol. The molecule has 1 fully saturated rings. The molecule has 2 rings (SSSR count). The van der Waals surface area contributed by atoms with Crippen LogP contribution >= 0.6 is 15.9 Å². The lowest BCUT2D eigenvalue weighted by Crippen LogP contribution is -2.28. The van der Waals surface area contributed by atoms with Crippen LogP contribution in [0.1, 0.15) is 13.3 Å². The number of ether oxygens (including phenoxy) is 2. The van der Waals surface area contributed by atoms with Crippen LogP contribution in [0, 0.1) is 0 Å². The van der Waals surface area contributed by atoms with E-state index in [-0.39, 0.29) is 0 Å². The van der Waals surface area contributed by atoms with Gasteiger partial charge in [0.1, 0.15) is 0 Å². The molecule has 5 heteroatoms. The molecule has 0 amide bonds. The van der Waals surface area contributed by atoms with Crippen LogP contribution < -0.4 is 5.32 Å². The lowest BCUT2D eigenvalue weighted by molar-refractivity contribution is -0.144. The average Bonchev–Trinajstić information content (AvgIpc) is 2.65. The van der Waals surface area contributed by atoms with Gasteiger partial charge in [-0.3, -0.25) is 4.98 Å². The number of pyridine rings is 1. The van der Waals surface area contributed by atoms with Gasteiger partial charge in [0.2, 0.25) is 0 Å². The molecule has 0 spiro atoms. The van der Waals surface area contributed by atoms with E-state index in [2.05, 4.69) is 26.2 Å². The molecular weight excluding hydrogens is 272 g/mol. The molecule has 2 heterocycles. The Morgan fingerprint density at radius 3 is 2.88 bits per heavy atom. The zero-order valence-electron chi connectivity index (χ0n) is 9.20. The van der Waals surface area contributed by atoms with Crippen molar-refractivity contribution in [2.75, 3.05) is 25.1 Å². The Hall–Kier alpha value is -0.650. The predicted octanol–water partition coefficient (Wildman–Crippen LogP) is 2.41. The summed E-state index contributed by atoms with van der Waals surface area (Å²) in [5.74, 6) is -0.424. The smallest absolute Gasteiger partial charge is 0.167 e. The summed E-state index contributed by atoms with van der Waals surface area (Å²) in [5, 5.41) is 3.29. The van der Waals surface area contributed by atoms with E-state index in [4.69, 9.17) is 9.47 Å². The Bertz CT molecular complexity index is 354. The van der Waals surface area contributed by atoms with Crippen molar-refractivity contribution in [3.8, 4) is 0 Å². The standard InChI is InChI=1S/C11H15BrN2O2/c1-11(15-4-5-16-11)2-3-14-10-6-9(12)7-13-8-10/h6-8,14H,2-5H2,1H3. The minimum atomic E-state index is -0.424. The summed E-state index contributed by atoms with van der Waals surface area (Å²) in [6.45, 7) is 4.15. The molecule has 0 bridgehead atoms. The number of hydrogen-bond donors (Lipinski definition) is 1. The normalized spacial score (nSPS) is 18.6. The van der Waals surface area contributed by atoms with E-state index < -0.39 is 5.79 Å². The Morgan fingerprint density at radius 2 is 2.19 bits per heavy atom. The van der Waals surface area contributed by atoms with Gasteiger partial charge in [-0.05, 0) is 28.9 Å². The molecule has 0 unspecified atom stereocenters. The molecule has 0 radical (unpaired) electrons. The second-order valence-corrected chi connectivity index (χ2v) is 4.82. The van der Waals surface area contributed by atoms with Gasteiger partial charge in [0.05, 0.1) is 25.1 Å². The third kappa shape index (κ3) is 3.17. The lowest BCUT2D eigenvalue weighted by atomic mass is 10.2. The van der Waals surface area contributed by atoms with Crippen molar-refractivity contribution in [2.45, 2.75) is 19.1 Å². The molecule has 1 aromatic heterocycles. The summed E-state index contributed by atoms with van der Waals surface area (Å²) >= 11 is 3.38. The summed E-state index contributed by atoms with van der Waals surface area (Å²) < 4.78 is 12.0. The number of anilines is 1. The molecule has 0 aromatic carbocycles. The summed E-state index contributed by atoms with van der Waals surface area (Å²) in [6.07, 6.45) is 4.37. The molecule has 0 aliphatic carbocycles. The van der Waals surface area contributed by atoms with Crippen LogP contribution in [0.25, 0.3) is 0 Å². The van der Waals surface area contributed by atoms with Gasteiger partial charge in [-0.15, -0.1) is 0 Å². The van der Waals surface area contributed by atoms with Gasteiger partial charge in [0, 0.05) is 23.6 Å². The maximum Gasteiger partial charge on any atom is 0.167 e. The van der Waals surface area contributed by atoms with Crippen LogP contribution in [-0.4, -0.2) is 30.5 Å². The second-order valence-electron chi connectivity index (χ2n) is 3.90. The molecule has 1 saturated heterocycles. The fourth-order valence-corrected chi connectivity index (χ4v) is 2.01. The number of rotatable bonds is 4. The largest absolute Gasteiger partial charge is 0.384 e. The fourth-order valence-electron chi connectivity index (χ4n) is 1.64. The van der Waals surface area contributed by atoms with Gasteiger partial charge in [-0.25, -0.2) is 0 Å². The van der Waals surface area contributed by atoms with Crippen LogP contribution in [0.2, 0.25) is 0 Å². The first-order valence-corrected chi connectivity index (χ1v) is 6.10. The molecule has 1 aromatic rings. The zero-order chi connectivity index (χ0) is 11.4. The van der Waals surface area contributed by atoms with E-state index >= 15 is 0 Å². The molecule has 88 valence electrons. The van der Waals surface area contributed by atoms with Gasteiger partial charge in [0.25, 0.3) is 0 Å². The minimum Gasteiger partial charge on any atom is -0.384 e. The van der Waals surface area contributed by atoms with Crippen molar-refractivity contribution >= 4 is 21.6 Å². The Morgan fingerprint density at radius 1 is 1.44 bits per heavy atom. The molecule has 0 atom stereocenters. The zero-order valence-corrected chi connectivity index (χ0v) is 10.8. The van der Waals surface area contributed by atoms with Crippen LogP contribution in [0.3, 0.4) is 0 Å². The number of halogens is 1. The Balaban J connectivity index is 1.79. The third-order valence-corrected chi connectivity index (χ3v) is 2.94. The van der Waals surface area contributed by atoms with Crippen molar-refractivity contribution in [3.63, 3.8) is 0 Å². The van der Waals surface area contributed by atoms with E-state index in [1.807, 2.05) is 13.0 Å². The van der Waals surface area contributed by atoms with Gasteiger partial charge in [-0.1, -0.05) is 0 Å². The van der Waals surface area contributed by atoms with E-state index in [0.29, 0.717) is 13.2 Å². The quantitative estimate of drug-likeness (QED) is 0.923. The fraction of sp³-hybridized carbons (Fsp3) is 0.545. The van der Waals surface area contributed by atoms with Crippen molar-refractivity contribution in [2.24, 2.45) is 0 Å². The molecular formula is C11H15BrN2O2. The van der Waals surface area contributed by atoms with Crippen molar-refractivity contribution in [3.05, 3.63) is 22.9 Å². The Labute approximate surface area is 103 Å². The highest BCUT2D eigenvalue weighted by molar-refractivity contribution is 9.10. The van der Waals surface area contributed by atoms with Gasteiger partial charge >= 0.3 is 0 Å². The summed E-state index contributed by atoms with van der Waals surface area (Å²) in [7, 11) is 0. The molecule has 1 aliphatic heterocycles. The Kier molecular flexibility index (Phi) is 3.78. The van der Waals surface area contributed by atoms with E-state index in [0.717, 1.165) is 23.1 Å². The lowest BCUT2D eigenvalue weighted by Gasteiger charge is -2.22. The molecule has 4 nitrogen and oxygen atoms in total. The first-order valence-electron chi connectivity index (χ1n) is 5.30. The highest BCUT2D eigenvalue weighted by Gasteiger charge is 2.29. The van der Waals surface area contributed by atoms with Crippen molar-refractivity contribution < 1.29 is 9.47 Å². The number of aromatic nitrogens is 1. The molecule has 16 heavy (non-hydrogen) atoms. The van der Waals surface area contributed by atoms with E-state index in [9.17, 15) is 0 Å². The molecule has 1 aliphatic rings. The van der Waals surface area contributed by atoms with Gasteiger partial charge in [-0.2, -0.15) is 0 Å². The van der Waals surface area contributed by atoms with Crippen LogP contribution in [-0.2, 0) is 9.47 Å². The number of hydrogen-bond acceptors (Lipinski definition) is 4. The maximum absolute atomic E-state index is 5.51. The van der Waals surface area contributed by atoms with Crippen molar-refractivity contribution in [1.29, 1.82) is 0 Å². The number of nitrogens with zero attached hydrogens (tertiary/aromatic N) is 1. The first-order chi connectivity index (χ1) is 7.68. The second kappa shape index (κ2) is 5.12. The van der Waals surface area contributed by atoms with E-state index in [1.165, 1.54) is 0 Å². The summed E-state index contributed by atoms with van der Waals surface area (Å²) in [6, 6.07) is 1.99. The molecule has 0 saturated carbocycles. The average molecular weight is 287 g/mol. The first kappa shape index (κ1) is 11.8. The number of nitrogens with one attached hydrogen (secondary N) is 1. The topological polar surface area (TPSA) is 43.4 Å². The van der Waals surface area contributed by atoms with E-state index in [1.54, 1.807) is 12.4 Å². The predicted molar refractivity (Wildman–Crippen MR) is 65.4 cm³/mol. The van der Waals surface area contributed by atoms with Gasteiger partial charge < -0.3 is 14.8 Å². The highest BCUT2D eigenvalue weighted by Crippen LogP contribution is 2.22. The van der Waals surface area contributed by atoms with Crippen LogP contribution in [0.5, 0.6) is 0 Å². The summed E-state index contributed by atoms with van der Waals surface area (Å²) in [5.41, 5.74) is 0.996. The molecule has 1 N–H and O–H groups in total. The van der Waals surface area contributed by atoms with Crippen LogP contribution in [0.4, 0.5) is 5.69 Å². The summed E-state index contributed by atoms with van der Waals surface area (Å²) in [4.78, 5) is 4.08. The minimum absolute atomic E-state index is 0.424.